The van der Waals surface area contributed by atoms with E-state index in [2.05, 4.69) is 10.2 Å². The topological polar surface area (TPSA) is 52.6 Å². The highest BCUT2D eigenvalue weighted by atomic mass is 16.4. The van der Waals surface area contributed by atoms with E-state index in [1.54, 1.807) is 7.05 Å². The highest BCUT2D eigenvalue weighted by Crippen LogP contribution is 2.34. The summed E-state index contributed by atoms with van der Waals surface area (Å²) in [6.07, 6.45) is 9.13. The third kappa shape index (κ3) is 2.86. The Balaban J connectivity index is 1.96. The van der Waals surface area contributed by atoms with E-state index in [1.807, 2.05) is 0 Å². The van der Waals surface area contributed by atoms with Crippen LogP contribution in [-0.2, 0) is 4.79 Å². The summed E-state index contributed by atoms with van der Waals surface area (Å²) >= 11 is 0. The molecule has 1 saturated carbocycles. The number of likely N-dealkylation sites (tertiary alicyclic amines) is 1. The predicted octanol–water partition coefficient (Wildman–Crippen LogP) is 1.85. The van der Waals surface area contributed by atoms with E-state index in [-0.39, 0.29) is 0 Å². The fraction of sp³-hybridized carbons (Fsp3) is 0.929. The van der Waals surface area contributed by atoms with Crippen molar-refractivity contribution in [2.45, 2.75) is 62.9 Å². The Morgan fingerprint density at radius 3 is 2.33 bits per heavy atom. The molecule has 1 aliphatic carbocycles. The maximum atomic E-state index is 11.4. The van der Waals surface area contributed by atoms with Crippen LogP contribution in [0.4, 0.5) is 0 Å². The van der Waals surface area contributed by atoms with Crippen LogP contribution in [-0.4, -0.2) is 47.7 Å². The zero-order valence-electron chi connectivity index (χ0n) is 11.5. The fourth-order valence-electron chi connectivity index (χ4n) is 3.50. The van der Waals surface area contributed by atoms with Gasteiger partial charge in [0.2, 0.25) is 0 Å². The van der Waals surface area contributed by atoms with Crippen molar-refractivity contribution in [1.29, 1.82) is 0 Å². The van der Waals surface area contributed by atoms with E-state index >= 15 is 0 Å². The minimum Gasteiger partial charge on any atom is -0.480 e. The van der Waals surface area contributed by atoms with Gasteiger partial charge >= 0.3 is 5.97 Å². The Morgan fingerprint density at radius 2 is 1.83 bits per heavy atom. The maximum Gasteiger partial charge on any atom is 0.323 e. The second kappa shape index (κ2) is 6.02. The summed E-state index contributed by atoms with van der Waals surface area (Å²) in [7, 11) is 1.78. The molecule has 0 bridgehead atoms. The molecule has 2 aliphatic rings. The van der Waals surface area contributed by atoms with Crippen LogP contribution in [0.5, 0.6) is 0 Å². The largest absolute Gasteiger partial charge is 0.480 e. The zero-order chi connectivity index (χ0) is 13.0. The summed E-state index contributed by atoms with van der Waals surface area (Å²) in [4.78, 5) is 14.0. The van der Waals surface area contributed by atoms with Gasteiger partial charge in [0.05, 0.1) is 0 Å². The Labute approximate surface area is 110 Å². The normalized spacial score (nSPS) is 35.1. The average Bonchev–Trinajstić information content (AvgIpc) is 2.74. The van der Waals surface area contributed by atoms with Crippen molar-refractivity contribution < 1.29 is 9.90 Å². The molecule has 2 fully saturated rings. The van der Waals surface area contributed by atoms with Crippen LogP contribution in [0.3, 0.4) is 0 Å². The molecule has 2 atom stereocenters. The highest BCUT2D eigenvalue weighted by molar-refractivity contribution is 5.79. The van der Waals surface area contributed by atoms with Gasteiger partial charge in [0.15, 0.2) is 0 Å². The summed E-state index contributed by atoms with van der Waals surface area (Å²) in [5, 5.41) is 12.4. The molecule has 0 radical (unpaired) electrons. The minimum absolute atomic E-state index is 0.464. The molecule has 18 heavy (non-hydrogen) atoms. The van der Waals surface area contributed by atoms with Gasteiger partial charge < -0.3 is 15.3 Å². The van der Waals surface area contributed by atoms with Crippen LogP contribution in [0.1, 0.15) is 51.4 Å². The molecule has 0 aromatic rings. The molecule has 0 aromatic heterocycles. The lowest BCUT2D eigenvalue weighted by molar-refractivity contribution is -0.144. The van der Waals surface area contributed by atoms with Crippen LogP contribution < -0.4 is 5.32 Å². The number of nitrogens with zero attached hydrogens (tertiary/aromatic N) is 1. The molecule has 0 amide bonds. The lowest BCUT2D eigenvalue weighted by Gasteiger charge is -2.32. The molecule has 2 N–H and O–H groups in total. The van der Waals surface area contributed by atoms with Gasteiger partial charge in [-0.05, 0) is 52.2 Å². The van der Waals surface area contributed by atoms with Crippen molar-refractivity contribution in [3.8, 4) is 0 Å². The third-order valence-electron chi connectivity index (χ3n) is 4.78. The van der Waals surface area contributed by atoms with Gasteiger partial charge in [-0.15, -0.1) is 0 Å². The SMILES string of the molecule is CNC1(C(=O)O)CCC(N2CCCCCCC2)C1. The van der Waals surface area contributed by atoms with E-state index in [1.165, 1.54) is 32.1 Å². The number of rotatable bonds is 3. The molecule has 0 spiro atoms. The van der Waals surface area contributed by atoms with Gasteiger partial charge in [0.25, 0.3) is 0 Å². The van der Waals surface area contributed by atoms with Gasteiger partial charge in [-0.3, -0.25) is 4.79 Å². The number of aliphatic carboxylic acids is 1. The molecule has 104 valence electrons. The molecule has 1 aliphatic heterocycles. The van der Waals surface area contributed by atoms with Crippen molar-refractivity contribution >= 4 is 5.97 Å². The molecule has 1 saturated heterocycles. The third-order valence-corrected chi connectivity index (χ3v) is 4.78. The summed E-state index contributed by atoms with van der Waals surface area (Å²) in [6.45, 7) is 2.31. The quantitative estimate of drug-likeness (QED) is 0.807. The number of nitrogens with one attached hydrogen (secondary N) is 1. The van der Waals surface area contributed by atoms with Gasteiger partial charge in [0, 0.05) is 6.04 Å². The first-order chi connectivity index (χ1) is 8.68. The van der Waals surface area contributed by atoms with Gasteiger partial charge in [0.1, 0.15) is 5.54 Å². The van der Waals surface area contributed by atoms with E-state index < -0.39 is 11.5 Å². The van der Waals surface area contributed by atoms with Crippen LogP contribution >= 0.6 is 0 Å². The van der Waals surface area contributed by atoms with E-state index in [4.69, 9.17) is 0 Å². The monoisotopic (exact) mass is 254 g/mol. The number of likely N-dealkylation sites (N-methyl/N-ethyl adjacent to an activating group) is 1. The molecule has 4 nitrogen and oxygen atoms in total. The number of hydrogen-bond donors (Lipinski definition) is 2. The summed E-state index contributed by atoms with van der Waals surface area (Å²) < 4.78 is 0. The molecule has 0 aromatic carbocycles. The van der Waals surface area contributed by atoms with Crippen molar-refractivity contribution in [2.75, 3.05) is 20.1 Å². The molecular weight excluding hydrogens is 228 g/mol. The summed E-state index contributed by atoms with van der Waals surface area (Å²) in [5.74, 6) is -0.681. The second-order valence-electron chi connectivity index (χ2n) is 5.84. The predicted molar refractivity (Wildman–Crippen MR) is 71.7 cm³/mol. The van der Waals surface area contributed by atoms with Crippen molar-refractivity contribution in [1.82, 2.24) is 10.2 Å². The molecule has 2 unspecified atom stereocenters. The lowest BCUT2D eigenvalue weighted by Crippen LogP contribution is -2.49. The van der Waals surface area contributed by atoms with Crippen molar-refractivity contribution in [2.24, 2.45) is 0 Å². The van der Waals surface area contributed by atoms with E-state index in [9.17, 15) is 9.90 Å². The fourth-order valence-corrected chi connectivity index (χ4v) is 3.50. The van der Waals surface area contributed by atoms with Crippen LogP contribution in [0.25, 0.3) is 0 Å². The molecular formula is C14H26N2O2. The van der Waals surface area contributed by atoms with Crippen molar-refractivity contribution in [3.05, 3.63) is 0 Å². The Kier molecular flexibility index (Phi) is 4.62. The first kappa shape index (κ1) is 13.8. The minimum atomic E-state index is -0.681. The number of carbonyl (C=O) groups is 1. The summed E-state index contributed by atoms with van der Waals surface area (Å²) in [5.41, 5.74) is -0.674. The Morgan fingerprint density at radius 1 is 1.22 bits per heavy atom. The van der Waals surface area contributed by atoms with Crippen molar-refractivity contribution in [3.63, 3.8) is 0 Å². The molecule has 2 rings (SSSR count). The molecule has 1 heterocycles. The van der Waals surface area contributed by atoms with Gasteiger partial charge in [-0.2, -0.15) is 0 Å². The second-order valence-corrected chi connectivity index (χ2v) is 5.84. The first-order valence-corrected chi connectivity index (χ1v) is 7.34. The Hall–Kier alpha value is -0.610. The lowest BCUT2D eigenvalue weighted by atomic mass is 9.97. The van der Waals surface area contributed by atoms with E-state index in [0.717, 1.165) is 32.4 Å². The van der Waals surface area contributed by atoms with Crippen LogP contribution in [0, 0.1) is 0 Å². The molecule has 4 heteroatoms. The number of carboxylic acid groups (broad SMARTS) is 1. The number of hydrogen-bond acceptors (Lipinski definition) is 3. The Bertz CT molecular complexity index is 288. The van der Waals surface area contributed by atoms with Gasteiger partial charge in [-0.1, -0.05) is 19.3 Å². The zero-order valence-corrected chi connectivity index (χ0v) is 11.5. The van der Waals surface area contributed by atoms with Crippen LogP contribution in [0.15, 0.2) is 0 Å². The smallest absolute Gasteiger partial charge is 0.323 e. The van der Waals surface area contributed by atoms with E-state index in [0.29, 0.717) is 6.04 Å². The maximum absolute atomic E-state index is 11.4. The standard InChI is InChI=1S/C14H26N2O2/c1-15-14(13(17)18)8-7-12(11-14)16-9-5-3-2-4-6-10-16/h12,15H,2-11H2,1H3,(H,17,18). The van der Waals surface area contributed by atoms with Crippen LogP contribution in [0.2, 0.25) is 0 Å². The average molecular weight is 254 g/mol. The summed E-state index contributed by atoms with van der Waals surface area (Å²) in [6, 6.07) is 0.464. The van der Waals surface area contributed by atoms with Gasteiger partial charge in [-0.25, -0.2) is 0 Å². The highest BCUT2D eigenvalue weighted by Gasteiger charge is 2.45. The first-order valence-electron chi connectivity index (χ1n) is 7.34. The number of carboxylic acids is 1.